The molecule has 0 saturated carbocycles. The SMILES string of the molecule is C=CC(=O)Oc1cc(OC/C=C/c2ccc(OC(=O)C=C)c(OC(=O)C=C)c2)cc(OC(=O)C=C)c1. The molecular formula is C27H22O9. The van der Waals surface area contributed by atoms with Crippen molar-refractivity contribution in [3.05, 3.63) is 98.7 Å². The Morgan fingerprint density at radius 2 is 1.08 bits per heavy atom. The Kier molecular flexibility index (Phi) is 10.2. The quantitative estimate of drug-likeness (QED) is 0.246. The maximum Gasteiger partial charge on any atom is 0.335 e. The molecule has 0 bridgehead atoms. The van der Waals surface area contributed by atoms with E-state index in [-0.39, 0.29) is 35.4 Å². The summed E-state index contributed by atoms with van der Waals surface area (Å²) in [5, 5.41) is 0. The Morgan fingerprint density at radius 3 is 1.61 bits per heavy atom. The summed E-state index contributed by atoms with van der Waals surface area (Å²) in [7, 11) is 0. The number of hydrogen-bond acceptors (Lipinski definition) is 9. The fraction of sp³-hybridized carbons (Fsp3) is 0.0370. The second kappa shape index (κ2) is 13.5. The molecule has 9 heteroatoms. The largest absolute Gasteiger partial charge is 0.489 e. The summed E-state index contributed by atoms with van der Waals surface area (Å²) in [6.07, 6.45) is 7.20. The predicted octanol–water partition coefficient (Wildman–Crippen LogP) is 4.14. The molecule has 0 heterocycles. The molecule has 0 radical (unpaired) electrons. The number of hydrogen-bond donors (Lipinski definition) is 0. The van der Waals surface area contributed by atoms with Gasteiger partial charge in [-0.2, -0.15) is 0 Å². The molecule has 0 atom stereocenters. The van der Waals surface area contributed by atoms with E-state index in [9.17, 15) is 19.2 Å². The van der Waals surface area contributed by atoms with Gasteiger partial charge in [-0.3, -0.25) is 0 Å². The minimum atomic E-state index is -0.736. The molecule has 0 unspecified atom stereocenters. The molecule has 2 aromatic carbocycles. The fourth-order valence-electron chi connectivity index (χ4n) is 2.48. The summed E-state index contributed by atoms with van der Waals surface area (Å²) in [4.78, 5) is 46.2. The van der Waals surface area contributed by atoms with E-state index in [4.69, 9.17) is 23.7 Å². The van der Waals surface area contributed by atoms with E-state index >= 15 is 0 Å². The van der Waals surface area contributed by atoms with Crippen LogP contribution in [0.3, 0.4) is 0 Å². The molecule has 36 heavy (non-hydrogen) atoms. The van der Waals surface area contributed by atoms with Crippen LogP contribution in [0.4, 0.5) is 0 Å². The second-order valence-electron chi connectivity index (χ2n) is 6.56. The molecule has 0 spiro atoms. The lowest BCUT2D eigenvalue weighted by Crippen LogP contribution is -2.08. The monoisotopic (exact) mass is 490 g/mol. The molecule has 0 aromatic heterocycles. The van der Waals surface area contributed by atoms with Gasteiger partial charge in [0.15, 0.2) is 11.5 Å². The van der Waals surface area contributed by atoms with Gasteiger partial charge in [0.2, 0.25) is 0 Å². The topological polar surface area (TPSA) is 114 Å². The van der Waals surface area contributed by atoms with E-state index in [0.717, 1.165) is 24.3 Å². The van der Waals surface area contributed by atoms with Gasteiger partial charge in [-0.15, -0.1) is 0 Å². The predicted molar refractivity (Wildman–Crippen MR) is 131 cm³/mol. The lowest BCUT2D eigenvalue weighted by molar-refractivity contribution is -0.131. The number of rotatable bonds is 12. The van der Waals surface area contributed by atoms with Gasteiger partial charge in [0, 0.05) is 42.5 Å². The Morgan fingerprint density at radius 1 is 0.611 bits per heavy atom. The third-order valence-electron chi connectivity index (χ3n) is 4.00. The summed E-state index contributed by atoms with van der Waals surface area (Å²) < 4.78 is 26.0. The summed E-state index contributed by atoms with van der Waals surface area (Å²) in [5.74, 6) is -2.44. The van der Waals surface area contributed by atoms with Gasteiger partial charge in [-0.25, -0.2) is 19.2 Å². The van der Waals surface area contributed by atoms with Crippen molar-refractivity contribution in [1.82, 2.24) is 0 Å². The lowest BCUT2D eigenvalue weighted by atomic mass is 10.2. The minimum absolute atomic E-state index is 0.00332. The average molecular weight is 490 g/mol. The first-order valence-corrected chi connectivity index (χ1v) is 10.2. The van der Waals surface area contributed by atoms with Crippen LogP contribution in [0.15, 0.2) is 93.1 Å². The smallest absolute Gasteiger partial charge is 0.335 e. The van der Waals surface area contributed by atoms with Crippen molar-refractivity contribution >= 4 is 30.0 Å². The van der Waals surface area contributed by atoms with Gasteiger partial charge in [0.05, 0.1) is 0 Å². The van der Waals surface area contributed by atoms with E-state index in [2.05, 4.69) is 26.3 Å². The second-order valence-corrected chi connectivity index (χ2v) is 6.56. The average Bonchev–Trinajstić information content (AvgIpc) is 2.87. The first-order valence-electron chi connectivity index (χ1n) is 10.2. The third-order valence-corrected chi connectivity index (χ3v) is 4.00. The number of carbonyl (C=O) groups is 4. The zero-order valence-electron chi connectivity index (χ0n) is 19.1. The van der Waals surface area contributed by atoms with Crippen molar-refractivity contribution in [2.24, 2.45) is 0 Å². The van der Waals surface area contributed by atoms with Crippen molar-refractivity contribution in [2.45, 2.75) is 0 Å². The van der Waals surface area contributed by atoms with Gasteiger partial charge >= 0.3 is 23.9 Å². The van der Waals surface area contributed by atoms with Crippen molar-refractivity contribution in [3.8, 4) is 28.7 Å². The first-order chi connectivity index (χ1) is 17.3. The zero-order chi connectivity index (χ0) is 26.5. The Bertz CT molecular complexity index is 1200. The Balaban J connectivity index is 2.18. The molecule has 0 saturated heterocycles. The van der Waals surface area contributed by atoms with Gasteiger partial charge in [-0.05, 0) is 23.8 Å². The summed E-state index contributed by atoms with van der Waals surface area (Å²) in [6.45, 7) is 13.4. The molecule has 0 amide bonds. The first kappa shape index (κ1) is 27.1. The van der Waals surface area contributed by atoms with Gasteiger partial charge < -0.3 is 23.7 Å². The van der Waals surface area contributed by atoms with Gasteiger partial charge in [0.1, 0.15) is 23.9 Å². The van der Waals surface area contributed by atoms with Crippen molar-refractivity contribution in [2.75, 3.05) is 6.61 Å². The highest BCUT2D eigenvalue weighted by Crippen LogP contribution is 2.30. The molecule has 184 valence electrons. The molecular weight excluding hydrogens is 468 g/mol. The van der Waals surface area contributed by atoms with E-state index in [1.54, 1.807) is 18.2 Å². The highest BCUT2D eigenvalue weighted by molar-refractivity contribution is 5.86. The standard InChI is InChI=1S/C27H22O9/c1-5-24(28)33-20-15-19(16-21(17-20)34-25(29)6-2)32-13-9-10-18-11-12-22(35-26(30)7-3)23(14-18)36-27(31)8-4/h5-12,14-17H,1-4,13H2/b10-9+. The van der Waals surface area contributed by atoms with Crippen molar-refractivity contribution in [3.63, 3.8) is 0 Å². The maximum absolute atomic E-state index is 11.6. The zero-order valence-corrected chi connectivity index (χ0v) is 19.1. The third kappa shape index (κ3) is 8.64. The van der Waals surface area contributed by atoms with Crippen molar-refractivity contribution < 1.29 is 42.9 Å². The summed E-state index contributed by atoms with van der Waals surface area (Å²) >= 11 is 0. The van der Waals surface area contributed by atoms with E-state index in [1.165, 1.54) is 30.3 Å². The van der Waals surface area contributed by atoms with Crippen LogP contribution in [0.25, 0.3) is 6.08 Å². The van der Waals surface area contributed by atoms with Crippen LogP contribution < -0.4 is 23.7 Å². The molecule has 9 nitrogen and oxygen atoms in total. The highest BCUT2D eigenvalue weighted by Gasteiger charge is 2.12. The normalized spacial score (nSPS) is 10.0. The van der Waals surface area contributed by atoms with Crippen LogP contribution in [-0.4, -0.2) is 30.5 Å². The van der Waals surface area contributed by atoms with Crippen LogP contribution >= 0.6 is 0 Å². The van der Waals surface area contributed by atoms with Crippen LogP contribution in [0.5, 0.6) is 28.7 Å². The van der Waals surface area contributed by atoms with Crippen LogP contribution in [0.1, 0.15) is 5.56 Å². The van der Waals surface area contributed by atoms with Crippen LogP contribution in [0.2, 0.25) is 0 Å². The lowest BCUT2D eigenvalue weighted by Gasteiger charge is -2.10. The number of benzene rings is 2. The highest BCUT2D eigenvalue weighted by atomic mass is 16.6. The van der Waals surface area contributed by atoms with Crippen LogP contribution in [-0.2, 0) is 19.2 Å². The van der Waals surface area contributed by atoms with E-state index < -0.39 is 23.9 Å². The molecule has 0 aliphatic heterocycles. The van der Waals surface area contributed by atoms with E-state index in [0.29, 0.717) is 5.56 Å². The van der Waals surface area contributed by atoms with Crippen LogP contribution in [0, 0.1) is 0 Å². The number of carbonyl (C=O) groups excluding carboxylic acids is 4. The summed E-state index contributed by atoms with van der Waals surface area (Å²) in [6, 6.07) is 8.73. The molecule has 2 aromatic rings. The van der Waals surface area contributed by atoms with Gasteiger partial charge in [-0.1, -0.05) is 38.5 Å². The molecule has 0 fully saturated rings. The Hall–Kier alpha value is -5.18. The van der Waals surface area contributed by atoms with Crippen molar-refractivity contribution in [1.29, 1.82) is 0 Å². The molecule has 0 aliphatic rings. The minimum Gasteiger partial charge on any atom is -0.489 e. The Labute approximate surface area is 207 Å². The molecule has 2 rings (SSSR count). The molecule has 0 N–H and O–H groups in total. The summed E-state index contributed by atoms with van der Waals surface area (Å²) in [5.41, 5.74) is 0.595. The maximum atomic E-state index is 11.6. The number of ether oxygens (including phenoxy) is 5. The number of esters is 4. The van der Waals surface area contributed by atoms with E-state index in [1.807, 2.05) is 0 Å². The fourth-order valence-corrected chi connectivity index (χ4v) is 2.48. The van der Waals surface area contributed by atoms with Gasteiger partial charge in [0.25, 0.3) is 0 Å². The molecule has 0 aliphatic carbocycles.